The van der Waals surface area contributed by atoms with Crippen molar-refractivity contribution in [1.29, 1.82) is 0 Å². The minimum atomic E-state index is -0.505. The van der Waals surface area contributed by atoms with Gasteiger partial charge >= 0.3 is 5.69 Å². The van der Waals surface area contributed by atoms with E-state index in [1.807, 2.05) is 0 Å². The first-order valence-electron chi connectivity index (χ1n) is 10.3. The van der Waals surface area contributed by atoms with Gasteiger partial charge in [-0.05, 0) is 44.7 Å². The smallest absolute Gasteiger partial charge is 0.287 e. The lowest BCUT2D eigenvalue weighted by Crippen LogP contribution is -2.51. The molecule has 0 atom stereocenters. The van der Waals surface area contributed by atoms with Crippen LogP contribution in [0.15, 0.2) is 9.59 Å². The van der Waals surface area contributed by atoms with Gasteiger partial charge in [-0.15, -0.1) is 0 Å². The number of rotatable bonds is 1. The molecule has 2 aromatic rings. The second-order valence-corrected chi connectivity index (χ2v) is 8.49. The van der Waals surface area contributed by atoms with E-state index in [-0.39, 0.29) is 21.9 Å². The van der Waals surface area contributed by atoms with Crippen LogP contribution in [-0.4, -0.2) is 42.6 Å². The van der Waals surface area contributed by atoms with Crippen LogP contribution in [-0.2, 0) is 14.1 Å². The number of likely N-dealkylation sites (tertiary alicyclic amines) is 1. The van der Waals surface area contributed by atoms with Gasteiger partial charge in [-0.2, -0.15) is 0 Å². The summed E-state index contributed by atoms with van der Waals surface area (Å²) in [5.41, 5.74) is -0.485. The van der Waals surface area contributed by atoms with Crippen LogP contribution in [0.25, 0.3) is 11.2 Å². The molecule has 0 aromatic carbocycles. The molecular weight excluding hydrogens is 390 g/mol. The topological polar surface area (TPSA) is 73.0 Å². The summed E-state index contributed by atoms with van der Waals surface area (Å²) in [5.74, 6) is 6.68. The Kier molecular flexibility index (Phi) is 5.50. The Morgan fingerprint density at radius 3 is 2.28 bits per heavy atom. The highest BCUT2D eigenvalue weighted by Crippen LogP contribution is 2.35. The Morgan fingerprint density at radius 1 is 0.931 bits per heavy atom. The van der Waals surface area contributed by atoms with E-state index in [1.54, 1.807) is 7.05 Å². The molecule has 1 aliphatic heterocycles. The van der Waals surface area contributed by atoms with Gasteiger partial charge in [0.15, 0.2) is 22.0 Å². The van der Waals surface area contributed by atoms with Crippen LogP contribution in [0.2, 0.25) is 5.15 Å². The lowest BCUT2D eigenvalue weighted by atomic mass is 9.79. The molecule has 7 nitrogen and oxygen atoms in total. The van der Waals surface area contributed by atoms with Crippen molar-refractivity contribution in [2.45, 2.75) is 56.9 Å². The maximum absolute atomic E-state index is 12.4. The summed E-state index contributed by atoms with van der Waals surface area (Å²) in [4.78, 5) is 35.8. The molecule has 4 rings (SSSR count). The van der Waals surface area contributed by atoms with Crippen LogP contribution in [0.4, 0.5) is 0 Å². The molecule has 0 bridgehead atoms. The number of hydrogen-bond donors (Lipinski definition) is 0. The van der Waals surface area contributed by atoms with Crippen molar-refractivity contribution in [3.05, 3.63) is 31.7 Å². The summed E-state index contributed by atoms with van der Waals surface area (Å²) in [6.45, 7) is 2.16. The SMILES string of the molecule is Cn1c(=O)c2nc(Cl)c(C#CC3(N4CCCCC4)CCCCC3)nc2n(C)c1=O. The molecule has 1 saturated carbocycles. The average Bonchev–Trinajstić information content (AvgIpc) is 2.76. The lowest BCUT2D eigenvalue weighted by Gasteiger charge is -2.44. The normalized spacial score (nSPS) is 19.7. The Labute approximate surface area is 174 Å². The Balaban J connectivity index is 1.81. The molecule has 0 amide bonds. The van der Waals surface area contributed by atoms with E-state index in [0.717, 1.165) is 30.5 Å². The molecule has 1 saturated heterocycles. The van der Waals surface area contributed by atoms with Gasteiger partial charge in [-0.3, -0.25) is 18.8 Å². The Bertz CT molecular complexity index is 1110. The number of fused-ring (bicyclic) bond motifs is 1. The molecule has 154 valence electrons. The first-order valence-corrected chi connectivity index (χ1v) is 10.7. The zero-order valence-electron chi connectivity index (χ0n) is 17.0. The minimum Gasteiger partial charge on any atom is -0.287 e. The molecule has 2 aromatic heterocycles. The zero-order valence-corrected chi connectivity index (χ0v) is 17.8. The number of aromatic nitrogens is 4. The van der Waals surface area contributed by atoms with E-state index in [9.17, 15) is 9.59 Å². The minimum absolute atomic E-state index is 0.0774. The molecule has 0 spiro atoms. The zero-order chi connectivity index (χ0) is 20.6. The van der Waals surface area contributed by atoms with Crippen LogP contribution in [0.5, 0.6) is 0 Å². The molecule has 2 fully saturated rings. The first-order chi connectivity index (χ1) is 13.9. The number of hydrogen-bond acceptors (Lipinski definition) is 5. The van der Waals surface area contributed by atoms with E-state index in [4.69, 9.17) is 11.6 Å². The molecule has 2 aliphatic rings. The monoisotopic (exact) mass is 415 g/mol. The molecule has 1 aliphatic carbocycles. The summed E-state index contributed by atoms with van der Waals surface area (Å²) < 4.78 is 2.32. The summed E-state index contributed by atoms with van der Waals surface area (Å²) in [6.07, 6.45) is 9.41. The standard InChI is InChI=1S/C21H26ClN5O2/c1-25-18-16(19(28)26(2)20(25)29)24-17(22)15(23-18)9-12-21(10-5-3-6-11-21)27-13-7-4-8-14-27/h3-8,10-11,13-14H2,1-2H3. The Hall–Kier alpha value is -2.17. The lowest BCUT2D eigenvalue weighted by molar-refractivity contribution is 0.0792. The van der Waals surface area contributed by atoms with Gasteiger partial charge in [0.05, 0.1) is 5.54 Å². The van der Waals surface area contributed by atoms with Gasteiger partial charge in [0.25, 0.3) is 5.56 Å². The second-order valence-electron chi connectivity index (χ2n) is 8.13. The number of piperidine rings is 1. The molecule has 0 radical (unpaired) electrons. The van der Waals surface area contributed by atoms with Crippen LogP contribution in [0.3, 0.4) is 0 Å². The van der Waals surface area contributed by atoms with E-state index in [0.29, 0.717) is 5.69 Å². The van der Waals surface area contributed by atoms with Crippen LogP contribution >= 0.6 is 11.6 Å². The van der Waals surface area contributed by atoms with Gasteiger partial charge in [0, 0.05) is 14.1 Å². The van der Waals surface area contributed by atoms with E-state index < -0.39 is 11.2 Å². The number of nitrogens with zero attached hydrogens (tertiary/aromatic N) is 5. The molecular formula is C21H26ClN5O2. The highest BCUT2D eigenvalue weighted by atomic mass is 35.5. The predicted molar refractivity (Wildman–Crippen MR) is 113 cm³/mol. The fraction of sp³-hybridized carbons (Fsp3) is 0.619. The van der Waals surface area contributed by atoms with Crippen LogP contribution < -0.4 is 11.2 Å². The van der Waals surface area contributed by atoms with Crippen LogP contribution in [0.1, 0.15) is 57.1 Å². The summed E-state index contributed by atoms with van der Waals surface area (Å²) in [6, 6.07) is 0. The third-order valence-corrected chi connectivity index (χ3v) is 6.55. The maximum atomic E-state index is 12.4. The second kappa shape index (κ2) is 7.92. The summed E-state index contributed by atoms with van der Waals surface area (Å²) >= 11 is 6.34. The van der Waals surface area contributed by atoms with Crippen molar-refractivity contribution >= 4 is 22.8 Å². The van der Waals surface area contributed by atoms with Crippen molar-refractivity contribution in [2.24, 2.45) is 14.1 Å². The third-order valence-electron chi connectivity index (χ3n) is 6.29. The van der Waals surface area contributed by atoms with Crippen molar-refractivity contribution in [3.63, 3.8) is 0 Å². The predicted octanol–water partition coefficient (Wildman–Crippen LogP) is 2.22. The highest BCUT2D eigenvalue weighted by molar-refractivity contribution is 6.30. The number of aryl methyl sites for hydroxylation is 1. The number of halogens is 1. The van der Waals surface area contributed by atoms with E-state index >= 15 is 0 Å². The van der Waals surface area contributed by atoms with E-state index in [2.05, 4.69) is 26.7 Å². The quantitative estimate of drug-likeness (QED) is 0.668. The fourth-order valence-corrected chi connectivity index (χ4v) is 4.75. The first kappa shape index (κ1) is 20.1. The third kappa shape index (κ3) is 3.60. The van der Waals surface area contributed by atoms with Crippen molar-refractivity contribution in [1.82, 2.24) is 24.0 Å². The van der Waals surface area contributed by atoms with Crippen molar-refractivity contribution in [2.75, 3.05) is 13.1 Å². The van der Waals surface area contributed by atoms with Gasteiger partial charge < -0.3 is 0 Å². The molecule has 0 unspecified atom stereocenters. The van der Waals surface area contributed by atoms with Gasteiger partial charge in [0.1, 0.15) is 0 Å². The summed E-state index contributed by atoms with van der Waals surface area (Å²) in [5, 5.41) is 0.102. The van der Waals surface area contributed by atoms with E-state index in [1.165, 1.54) is 50.1 Å². The van der Waals surface area contributed by atoms with Gasteiger partial charge in [0.2, 0.25) is 0 Å². The highest BCUT2D eigenvalue weighted by Gasteiger charge is 2.37. The fourth-order valence-electron chi connectivity index (χ4n) is 4.58. The largest absolute Gasteiger partial charge is 0.332 e. The average molecular weight is 416 g/mol. The van der Waals surface area contributed by atoms with Gasteiger partial charge in [-0.25, -0.2) is 14.8 Å². The molecule has 3 heterocycles. The molecule has 29 heavy (non-hydrogen) atoms. The van der Waals surface area contributed by atoms with Crippen molar-refractivity contribution in [3.8, 4) is 11.8 Å². The summed E-state index contributed by atoms with van der Waals surface area (Å²) in [7, 11) is 2.99. The van der Waals surface area contributed by atoms with Crippen molar-refractivity contribution < 1.29 is 0 Å². The maximum Gasteiger partial charge on any atom is 0.332 e. The van der Waals surface area contributed by atoms with Crippen LogP contribution in [0, 0.1) is 11.8 Å². The molecule has 8 heteroatoms. The molecule has 0 N–H and O–H groups in total. The Morgan fingerprint density at radius 2 is 1.59 bits per heavy atom. The van der Waals surface area contributed by atoms with Gasteiger partial charge in [-0.1, -0.05) is 43.2 Å².